The molecule has 1 heterocycles. The van der Waals surface area contributed by atoms with Crippen molar-refractivity contribution in [3.8, 4) is 11.5 Å². The number of hydrogen-bond acceptors (Lipinski definition) is 6. The van der Waals surface area contributed by atoms with Crippen molar-refractivity contribution in [3.63, 3.8) is 0 Å². The molecule has 2 aromatic rings. The number of halogens is 1. The number of unbranched alkanes of at least 4 members (excludes halogenated alkanes) is 1. The molecule has 0 aliphatic rings. The van der Waals surface area contributed by atoms with Crippen molar-refractivity contribution in [2.75, 3.05) is 39.5 Å². The Balaban J connectivity index is 0.00000512. The van der Waals surface area contributed by atoms with E-state index in [4.69, 9.17) is 14.0 Å². The molecule has 9 heteroatoms. The molecule has 8 nitrogen and oxygen atoms in total. The lowest BCUT2D eigenvalue weighted by Crippen LogP contribution is -2.39. The van der Waals surface area contributed by atoms with Crippen LogP contribution in [0.15, 0.2) is 33.8 Å². The number of nitrogens with zero attached hydrogens (tertiary/aromatic N) is 3. The van der Waals surface area contributed by atoms with Crippen molar-refractivity contribution in [3.05, 3.63) is 35.7 Å². The second kappa shape index (κ2) is 17.8. The number of aromatic nitrogens is 2. The second-order valence-corrected chi connectivity index (χ2v) is 7.17. The molecule has 0 atom stereocenters. The minimum atomic E-state index is 0. The van der Waals surface area contributed by atoms with E-state index < -0.39 is 0 Å². The van der Waals surface area contributed by atoms with Crippen LogP contribution >= 0.6 is 24.0 Å². The lowest BCUT2D eigenvalue weighted by atomic mass is 10.1. The van der Waals surface area contributed by atoms with E-state index in [0.29, 0.717) is 38.8 Å². The molecule has 32 heavy (non-hydrogen) atoms. The molecular weight excluding hydrogens is 521 g/mol. The minimum absolute atomic E-state index is 0. The fraction of sp³-hybridized carbons (Fsp3) is 0.609. The van der Waals surface area contributed by atoms with Gasteiger partial charge in [-0.1, -0.05) is 37.6 Å². The molecule has 0 fully saturated rings. The third kappa shape index (κ3) is 11.2. The van der Waals surface area contributed by atoms with Crippen molar-refractivity contribution < 1.29 is 14.0 Å². The summed E-state index contributed by atoms with van der Waals surface area (Å²) in [6, 6.07) is 8.05. The number of hydrogen-bond donors (Lipinski definition) is 2. The summed E-state index contributed by atoms with van der Waals surface area (Å²) in [5.74, 6) is 2.06. The zero-order chi connectivity index (χ0) is 22.2. The Morgan fingerprint density at radius 1 is 1.03 bits per heavy atom. The number of guanidine groups is 1. The second-order valence-electron chi connectivity index (χ2n) is 7.17. The molecule has 0 bridgehead atoms. The van der Waals surface area contributed by atoms with Crippen LogP contribution in [0.2, 0.25) is 0 Å². The SMILES string of the molecule is CCCCOCCOCCNC(=NCc1cccc(-c2nc(CCC)no2)c1)NCC.I. The van der Waals surface area contributed by atoms with Gasteiger partial charge in [-0.15, -0.1) is 24.0 Å². The quantitative estimate of drug-likeness (QED) is 0.146. The Morgan fingerprint density at radius 2 is 1.84 bits per heavy atom. The first kappa shape index (κ1) is 28.3. The van der Waals surface area contributed by atoms with E-state index in [-0.39, 0.29) is 24.0 Å². The minimum Gasteiger partial charge on any atom is -0.379 e. The lowest BCUT2D eigenvalue weighted by molar-refractivity contribution is 0.0487. The molecule has 0 spiro atoms. The lowest BCUT2D eigenvalue weighted by Gasteiger charge is -2.12. The van der Waals surface area contributed by atoms with E-state index >= 15 is 0 Å². The van der Waals surface area contributed by atoms with Gasteiger partial charge in [0.1, 0.15) is 0 Å². The number of aliphatic imine (C=N–C) groups is 1. The van der Waals surface area contributed by atoms with Crippen LogP contribution < -0.4 is 10.6 Å². The molecular formula is C23H38IN5O3. The first-order valence-electron chi connectivity index (χ1n) is 11.4. The fourth-order valence-corrected chi connectivity index (χ4v) is 2.82. The van der Waals surface area contributed by atoms with Crippen LogP contribution in [-0.4, -0.2) is 55.6 Å². The topological polar surface area (TPSA) is 93.8 Å². The summed E-state index contributed by atoms with van der Waals surface area (Å²) in [5.41, 5.74) is 1.99. The fourth-order valence-electron chi connectivity index (χ4n) is 2.82. The highest BCUT2D eigenvalue weighted by Crippen LogP contribution is 2.19. The Morgan fingerprint density at radius 3 is 2.59 bits per heavy atom. The molecule has 2 N–H and O–H groups in total. The number of nitrogens with one attached hydrogen (secondary N) is 2. The van der Waals surface area contributed by atoms with Crippen LogP contribution in [0.5, 0.6) is 0 Å². The van der Waals surface area contributed by atoms with Crippen LogP contribution in [0.3, 0.4) is 0 Å². The van der Waals surface area contributed by atoms with Crippen LogP contribution in [0.25, 0.3) is 11.5 Å². The summed E-state index contributed by atoms with van der Waals surface area (Å²) in [5, 5.41) is 10.6. The average molecular weight is 559 g/mol. The molecule has 180 valence electrons. The summed E-state index contributed by atoms with van der Waals surface area (Å²) in [4.78, 5) is 9.13. The molecule has 0 unspecified atom stereocenters. The maximum atomic E-state index is 5.60. The van der Waals surface area contributed by atoms with Gasteiger partial charge in [-0.2, -0.15) is 4.98 Å². The number of aryl methyl sites for hydroxylation is 1. The highest BCUT2D eigenvalue weighted by Gasteiger charge is 2.09. The van der Waals surface area contributed by atoms with Crippen LogP contribution in [-0.2, 0) is 22.4 Å². The summed E-state index contributed by atoms with van der Waals surface area (Å²) in [6.07, 6.45) is 4.06. The number of benzene rings is 1. The monoisotopic (exact) mass is 559 g/mol. The zero-order valence-electron chi connectivity index (χ0n) is 19.6. The molecule has 2 rings (SSSR count). The van der Waals surface area contributed by atoms with E-state index in [2.05, 4.69) is 39.6 Å². The molecule has 1 aromatic carbocycles. The van der Waals surface area contributed by atoms with Gasteiger partial charge in [-0.25, -0.2) is 4.99 Å². The van der Waals surface area contributed by atoms with E-state index in [0.717, 1.165) is 61.7 Å². The van der Waals surface area contributed by atoms with Crippen molar-refractivity contribution in [1.82, 2.24) is 20.8 Å². The molecule has 0 saturated carbocycles. The Hall–Kier alpha value is -1.72. The predicted molar refractivity (Wildman–Crippen MR) is 139 cm³/mol. The third-order valence-corrected chi connectivity index (χ3v) is 4.43. The summed E-state index contributed by atoms with van der Waals surface area (Å²) in [7, 11) is 0. The smallest absolute Gasteiger partial charge is 0.257 e. The summed E-state index contributed by atoms with van der Waals surface area (Å²) >= 11 is 0. The predicted octanol–water partition coefficient (Wildman–Crippen LogP) is 4.20. The molecule has 0 aliphatic carbocycles. The molecule has 0 amide bonds. The van der Waals surface area contributed by atoms with Crippen LogP contribution in [0.1, 0.15) is 51.4 Å². The van der Waals surface area contributed by atoms with Gasteiger partial charge in [0.15, 0.2) is 11.8 Å². The number of ether oxygens (including phenoxy) is 2. The highest BCUT2D eigenvalue weighted by atomic mass is 127. The van der Waals surface area contributed by atoms with E-state index in [9.17, 15) is 0 Å². The Bertz CT molecular complexity index is 770. The van der Waals surface area contributed by atoms with E-state index in [1.54, 1.807) is 0 Å². The van der Waals surface area contributed by atoms with Crippen molar-refractivity contribution in [2.24, 2.45) is 4.99 Å². The standard InChI is InChI=1S/C23H37N5O3.HI/c1-4-7-13-29-15-16-30-14-12-25-23(24-6-3)26-18-19-10-8-11-20(17-19)22-27-21(9-5-2)28-31-22;/h8,10-11,17H,4-7,9,12-16,18H2,1-3H3,(H2,24,25,26);1H. The van der Waals surface area contributed by atoms with E-state index in [1.807, 2.05) is 31.2 Å². The van der Waals surface area contributed by atoms with Gasteiger partial charge in [-0.05, 0) is 37.5 Å². The first-order valence-corrected chi connectivity index (χ1v) is 11.4. The van der Waals surface area contributed by atoms with Gasteiger partial charge < -0.3 is 24.6 Å². The molecule has 0 radical (unpaired) electrons. The van der Waals surface area contributed by atoms with Gasteiger partial charge in [0, 0.05) is 31.7 Å². The van der Waals surface area contributed by atoms with Gasteiger partial charge in [-0.3, -0.25) is 0 Å². The van der Waals surface area contributed by atoms with Crippen LogP contribution in [0, 0.1) is 0 Å². The summed E-state index contributed by atoms with van der Waals surface area (Å²) < 4.78 is 16.5. The largest absolute Gasteiger partial charge is 0.379 e. The average Bonchev–Trinajstić information content (AvgIpc) is 3.25. The number of rotatable bonds is 15. The molecule has 0 saturated heterocycles. The van der Waals surface area contributed by atoms with Gasteiger partial charge in [0.25, 0.3) is 5.89 Å². The third-order valence-electron chi connectivity index (χ3n) is 4.43. The maximum Gasteiger partial charge on any atom is 0.257 e. The Labute approximate surface area is 209 Å². The normalized spacial score (nSPS) is 11.3. The van der Waals surface area contributed by atoms with Gasteiger partial charge in [0.2, 0.25) is 0 Å². The van der Waals surface area contributed by atoms with Gasteiger partial charge in [0.05, 0.1) is 26.4 Å². The zero-order valence-corrected chi connectivity index (χ0v) is 21.9. The first-order chi connectivity index (χ1) is 15.3. The molecule has 0 aliphatic heterocycles. The van der Waals surface area contributed by atoms with Gasteiger partial charge >= 0.3 is 0 Å². The van der Waals surface area contributed by atoms with Crippen molar-refractivity contribution >= 4 is 29.9 Å². The maximum absolute atomic E-state index is 5.60. The molecule has 1 aromatic heterocycles. The van der Waals surface area contributed by atoms with E-state index in [1.165, 1.54) is 0 Å². The Kier molecular flexibility index (Phi) is 15.7. The summed E-state index contributed by atoms with van der Waals surface area (Å²) in [6.45, 7) is 11.0. The van der Waals surface area contributed by atoms with Crippen molar-refractivity contribution in [2.45, 2.75) is 53.0 Å². The van der Waals surface area contributed by atoms with Crippen LogP contribution in [0.4, 0.5) is 0 Å². The highest BCUT2D eigenvalue weighted by molar-refractivity contribution is 14.0. The van der Waals surface area contributed by atoms with Crippen molar-refractivity contribution in [1.29, 1.82) is 0 Å².